The van der Waals surface area contributed by atoms with Crippen LogP contribution in [0.4, 0.5) is 0 Å². The number of hydrogen-bond donors (Lipinski definition) is 1. The summed E-state index contributed by atoms with van der Waals surface area (Å²) in [4.78, 5) is 26.5. The van der Waals surface area contributed by atoms with Crippen molar-refractivity contribution < 1.29 is 9.59 Å². The summed E-state index contributed by atoms with van der Waals surface area (Å²) >= 11 is 0. The average Bonchev–Trinajstić information content (AvgIpc) is 2.99. The van der Waals surface area contributed by atoms with E-state index >= 15 is 0 Å². The summed E-state index contributed by atoms with van der Waals surface area (Å²) in [5.41, 5.74) is 7.15. The number of benzene rings is 1. The second-order valence-electron chi connectivity index (χ2n) is 6.75. The van der Waals surface area contributed by atoms with Gasteiger partial charge in [0.25, 0.3) is 5.91 Å². The number of amides is 2. The Kier molecular flexibility index (Phi) is 4.88. The van der Waals surface area contributed by atoms with Crippen molar-refractivity contribution in [1.29, 1.82) is 0 Å². The molecule has 6 heteroatoms. The highest BCUT2D eigenvalue weighted by Crippen LogP contribution is 2.24. The zero-order valence-electron chi connectivity index (χ0n) is 14.7. The van der Waals surface area contributed by atoms with Crippen LogP contribution in [0, 0.1) is 0 Å². The molecule has 0 unspecified atom stereocenters. The Labute approximate surface area is 147 Å². The molecule has 0 aliphatic carbocycles. The van der Waals surface area contributed by atoms with Crippen LogP contribution in [0.15, 0.2) is 36.5 Å². The van der Waals surface area contributed by atoms with Crippen LogP contribution in [-0.4, -0.2) is 38.6 Å². The normalized spacial score (nSPS) is 20.5. The smallest absolute Gasteiger partial charge is 0.252 e. The standard InChI is InChI=1S/C19H24N4O2/c1-13-7-6-8-14(2)23(13)17(24)12-22-11-16(19(20)25)18(21-22)15-9-4-3-5-10-15/h3-5,9-11,13-14H,6-8,12H2,1-2H3,(H2,20,25)/t13-,14-/m1/s1. The summed E-state index contributed by atoms with van der Waals surface area (Å²) in [6.45, 7) is 4.28. The molecule has 25 heavy (non-hydrogen) atoms. The molecule has 2 aromatic rings. The van der Waals surface area contributed by atoms with Gasteiger partial charge in [0.1, 0.15) is 12.2 Å². The van der Waals surface area contributed by atoms with Gasteiger partial charge in [0.05, 0.1) is 5.56 Å². The third kappa shape index (κ3) is 3.57. The minimum atomic E-state index is -0.544. The lowest BCUT2D eigenvalue weighted by molar-refractivity contribution is -0.138. The van der Waals surface area contributed by atoms with Gasteiger partial charge < -0.3 is 10.6 Å². The van der Waals surface area contributed by atoms with Crippen molar-refractivity contribution >= 4 is 11.8 Å². The number of nitrogens with zero attached hydrogens (tertiary/aromatic N) is 3. The van der Waals surface area contributed by atoms with Crippen LogP contribution in [-0.2, 0) is 11.3 Å². The van der Waals surface area contributed by atoms with Gasteiger partial charge in [0.15, 0.2) is 0 Å². The summed E-state index contributed by atoms with van der Waals surface area (Å²) < 4.78 is 1.53. The lowest BCUT2D eigenvalue weighted by Crippen LogP contribution is -2.48. The molecule has 132 valence electrons. The van der Waals surface area contributed by atoms with Crippen LogP contribution in [0.5, 0.6) is 0 Å². The molecule has 1 aromatic carbocycles. The lowest BCUT2D eigenvalue weighted by Gasteiger charge is -2.39. The van der Waals surface area contributed by atoms with E-state index in [1.54, 1.807) is 6.20 Å². The molecular formula is C19H24N4O2. The van der Waals surface area contributed by atoms with Crippen molar-refractivity contribution in [2.24, 2.45) is 5.73 Å². The summed E-state index contributed by atoms with van der Waals surface area (Å²) in [7, 11) is 0. The van der Waals surface area contributed by atoms with Gasteiger partial charge >= 0.3 is 0 Å². The number of carbonyl (C=O) groups is 2. The number of carbonyl (C=O) groups excluding carboxylic acids is 2. The second-order valence-corrected chi connectivity index (χ2v) is 6.75. The predicted octanol–water partition coefficient (Wildman–Crippen LogP) is 2.44. The molecule has 0 radical (unpaired) electrons. The van der Waals surface area contributed by atoms with Crippen LogP contribution in [0.3, 0.4) is 0 Å². The molecule has 2 N–H and O–H groups in total. The third-order valence-electron chi connectivity index (χ3n) is 4.85. The molecule has 0 bridgehead atoms. The first kappa shape index (κ1) is 17.2. The summed E-state index contributed by atoms with van der Waals surface area (Å²) in [5, 5.41) is 4.45. The van der Waals surface area contributed by atoms with Crippen LogP contribution in [0.2, 0.25) is 0 Å². The lowest BCUT2D eigenvalue weighted by atomic mass is 9.97. The number of likely N-dealkylation sites (tertiary alicyclic amines) is 1. The van der Waals surface area contributed by atoms with Gasteiger partial charge in [0, 0.05) is 23.8 Å². The minimum Gasteiger partial charge on any atom is -0.365 e. The van der Waals surface area contributed by atoms with Crippen LogP contribution >= 0.6 is 0 Å². The molecule has 0 saturated carbocycles. The molecule has 6 nitrogen and oxygen atoms in total. The largest absolute Gasteiger partial charge is 0.365 e. The third-order valence-corrected chi connectivity index (χ3v) is 4.85. The van der Waals surface area contributed by atoms with E-state index in [0.29, 0.717) is 11.3 Å². The maximum absolute atomic E-state index is 12.8. The Bertz CT molecular complexity index is 759. The molecule has 1 aromatic heterocycles. The van der Waals surface area contributed by atoms with E-state index in [0.717, 1.165) is 24.8 Å². The highest BCUT2D eigenvalue weighted by Gasteiger charge is 2.29. The van der Waals surface area contributed by atoms with E-state index in [-0.39, 0.29) is 24.5 Å². The number of piperidine rings is 1. The summed E-state index contributed by atoms with van der Waals surface area (Å²) in [6.07, 6.45) is 4.77. The van der Waals surface area contributed by atoms with E-state index in [4.69, 9.17) is 5.73 Å². The number of nitrogens with two attached hydrogens (primary N) is 1. The molecule has 1 aliphatic rings. The first-order valence-corrected chi connectivity index (χ1v) is 8.71. The van der Waals surface area contributed by atoms with Crippen LogP contribution in [0.25, 0.3) is 11.3 Å². The summed E-state index contributed by atoms with van der Waals surface area (Å²) in [6, 6.07) is 9.85. The molecule has 0 spiro atoms. The zero-order chi connectivity index (χ0) is 18.0. The molecule has 2 atom stereocenters. The Morgan fingerprint density at radius 2 is 1.80 bits per heavy atom. The molecule has 1 saturated heterocycles. The number of hydrogen-bond acceptors (Lipinski definition) is 3. The van der Waals surface area contributed by atoms with Crippen LogP contribution < -0.4 is 5.73 Å². The molecule has 3 rings (SSSR count). The highest BCUT2D eigenvalue weighted by molar-refractivity contribution is 5.98. The first-order valence-electron chi connectivity index (χ1n) is 8.71. The van der Waals surface area contributed by atoms with E-state index < -0.39 is 5.91 Å². The Balaban J connectivity index is 1.86. The fourth-order valence-corrected chi connectivity index (χ4v) is 3.63. The molecule has 2 heterocycles. The molecule has 2 amide bonds. The number of aromatic nitrogens is 2. The van der Waals surface area contributed by atoms with Crippen molar-refractivity contribution in [2.75, 3.05) is 0 Å². The van der Waals surface area contributed by atoms with E-state index in [1.165, 1.54) is 4.68 Å². The highest BCUT2D eigenvalue weighted by atomic mass is 16.2. The number of rotatable bonds is 4. The summed E-state index contributed by atoms with van der Waals surface area (Å²) in [5.74, 6) is -0.518. The van der Waals surface area contributed by atoms with Crippen molar-refractivity contribution in [3.05, 3.63) is 42.1 Å². The average molecular weight is 340 g/mol. The van der Waals surface area contributed by atoms with E-state index in [2.05, 4.69) is 18.9 Å². The Morgan fingerprint density at radius 3 is 2.40 bits per heavy atom. The second kappa shape index (κ2) is 7.09. The number of primary amides is 1. The maximum Gasteiger partial charge on any atom is 0.252 e. The van der Waals surface area contributed by atoms with E-state index in [1.807, 2.05) is 35.2 Å². The van der Waals surface area contributed by atoms with Gasteiger partial charge in [0.2, 0.25) is 5.91 Å². The minimum absolute atomic E-state index is 0.0258. The monoisotopic (exact) mass is 340 g/mol. The van der Waals surface area contributed by atoms with Gasteiger partial charge in [-0.25, -0.2) is 0 Å². The predicted molar refractivity (Wildman–Crippen MR) is 95.8 cm³/mol. The SMILES string of the molecule is C[C@@H]1CCC[C@@H](C)N1C(=O)Cn1cc(C(N)=O)c(-c2ccccc2)n1. The van der Waals surface area contributed by atoms with Gasteiger partial charge in [-0.2, -0.15) is 5.10 Å². The van der Waals surface area contributed by atoms with Gasteiger partial charge in [-0.05, 0) is 33.1 Å². The van der Waals surface area contributed by atoms with Crippen molar-refractivity contribution in [1.82, 2.24) is 14.7 Å². The first-order chi connectivity index (χ1) is 12.0. The molecular weight excluding hydrogens is 316 g/mol. The van der Waals surface area contributed by atoms with Gasteiger partial charge in [-0.3, -0.25) is 14.3 Å². The quantitative estimate of drug-likeness (QED) is 0.928. The van der Waals surface area contributed by atoms with Crippen molar-refractivity contribution in [3.8, 4) is 11.3 Å². The van der Waals surface area contributed by atoms with Crippen molar-refractivity contribution in [3.63, 3.8) is 0 Å². The molecule has 1 aliphatic heterocycles. The zero-order valence-corrected chi connectivity index (χ0v) is 14.7. The van der Waals surface area contributed by atoms with Crippen molar-refractivity contribution in [2.45, 2.75) is 51.7 Å². The fourth-order valence-electron chi connectivity index (χ4n) is 3.63. The topological polar surface area (TPSA) is 81.2 Å². The Morgan fingerprint density at radius 1 is 1.16 bits per heavy atom. The van der Waals surface area contributed by atoms with Gasteiger partial charge in [-0.1, -0.05) is 30.3 Å². The maximum atomic E-state index is 12.8. The Hall–Kier alpha value is -2.63. The van der Waals surface area contributed by atoms with Gasteiger partial charge in [-0.15, -0.1) is 0 Å². The molecule has 1 fully saturated rings. The van der Waals surface area contributed by atoms with E-state index in [9.17, 15) is 9.59 Å². The van der Waals surface area contributed by atoms with Crippen LogP contribution in [0.1, 0.15) is 43.5 Å². The fraction of sp³-hybridized carbons (Fsp3) is 0.421.